The summed E-state index contributed by atoms with van der Waals surface area (Å²) in [6.45, 7) is 4.56. The fourth-order valence-corrected chi connectivity index (χ4v) is 3.94. The molecule has 3 rings (SSSR count). The molecule has 1 amide bonds. The number of nitrogens with one attached hydrogen (secondary N) is 1. The fraction of sp³-hybridized carbons (Fsp3) is 0.286. The lowest BCUT2D eigenvalue weighted by atomic mass is 10.2. The lowest BCUT2D eigenvalue weighted by Gasteiger charge is -2.11. The van der Waals surface area contributed by atoms with E-state index in [1.807, 2.05) is 36.6 Å². The molecule has 1 aromatic heterocycles. The Morgan fingerprint density at radius 3 is 2.43 bits per heavy atom. The largest absolute Gasteiger partial charge is 0.497 e. The fourth-order valence-electron chi connectivity index (χ4n) is 2.91. The molecule has 9 heteroatoms. The number of hydrogen-bond donors (Lipinski definition) is 1. The van der Waals surface area contributed by atoms with Crippen molar-refractivity contribution >= 4 is 35.0 Å². The van der Waals surface area contributed by atoms with E-state index >= 15 is 0 Å². The van der Waals surface area contributed by atoms with E-state index in [4.69, 9.17) is 21.1 Å². The zero-order chi connectivity index (χ0) is 21.7. The number of aryl methyl sites for hydroxylation is 1. The second-order valence-electron chi connectivity index (χ2n) is 6.45. The molecule has 158 valence electrons. The topological polar surface area (TPSA) is 78.3 Å². The van der Waals surface area contributed by atoms with Crippen molar-refractivity contribution in [2.75, 3.05) is 25.3 Å². The van der Waals surface area contributed by atoms with Gasteiger partial charge >= 0.3 is 0 Å². The van der Waals surface area contributed by atoms with Gasteiger partial charge in [-0.05, 0) is 49.7 Å². The molecule has 0 spiro atoms. The highest BCUT2D eigenvalue weighted by atomic mass is 35.5. The number of halogens is 1. The Hall–Kier alpha value is -2.71. The van der Waals surface area contributed by atoms with Crippen molar-refractivity contribution in [3.05, 3.63) is 47.0 Å². The quantitative estimate of drug-likeness (QED) is 0.506. The van der Waals surface area contributed by atoms with E-state index in [9.17, 15) is 4.79 Å². The van der Waals surface area contributed by atoms with Crippen LogP contribution in [0.3, 0.4) is 0 Å². The first-order chi connectivity index (χ1) is 14.4. The number of methoxy groups -OCH3 is 2. The molecule has 7 nitrogen and oxygen atoms in total. The van der Waals surface area contributed by atoms with Gasteiger partial charge in [-0.1, -0.05) is 23.4 Å². The van der Waals surface area contributed by atoms with Crippen LogP contribution < -0.4 is 14.8 Å². The van der Waals surface area contributed by atoms with Crippen LogP contribution in [-0.4, -0.2) is 40.6 Å². The number of thioether (sulfide) groups is 1. The van der Waals surface area contributed by atoms with Gasteiger partial charge in [0.1, 0.15) is 11.5 Å². The summed E-state index contributed by atoms with van der Waals surface area (Å²) in [6, 6.07) is 10.9. The van der Waals surface area contributed by atoms with E-state index in [1.165, 1.54) is 11.8 Å². The monoisotopic (exact) mass is 446 g/mol. The van der Waals surface area contributed by atoms with Gasteiger partial charge in [-0.3, -0.25) is 4.79 Å². The van der Waals surface area contributed by atoms with Gasteiger partial charge in [0, 0.05) is 28.9 Å². The van der Waals surface area contributed by atoms with Crippen LogP contribution in [0.2, 0.25) is 5.02 Å². The van der Waals surface area contributed by atoms with Gasteiger partial charge in [0.15, 0.2) is 11.0 Å². The van der Waals surface area contributed by atoms with E-state index in [1.54, 1.807) is 32.4 Å². The highest BCUT2D eigenvalue weighted by Crippen LogP contribution is 2.31. The zero-order valence-electron chi connectivity index (χ0n) is 17.2. The third-order valence-electron chi connectivity index (χ3n) is 4.44. The van der Waals surface area contributed by atoms with Crippen molar-refractivity contribution in [1.82, 2.24) is 14.8 Å². The molecule has 30 heavy (non-hydrogen) atoms. The molecule has 0 atom stereocenters. The predicted octanol–water partition coefficient (Wildman–Crippen LogP) is 4.67. The zero-order valence-corrected chi connectivity index (χ0v) is 18.8. The van der Waals surface area contributed by atoms with Gasteiger partial charge in [-0.25, -0.2) is 0 Å². The number of amides is 1. The van der Waals surface area contributed by atoms with E-state index < -0.39 is 0 Å². The number of rotatable bonds is 8. The number of carbonyl (C=O) groups is 1. The first-order valence-corrected chi connectivity index (χ1v) is 10.7. The smallest absolute Gasteiger partial charge is 0.234 e. The maximum absolute atomic E-state index is 12.4. The Kier molecular flexibility index (Phi) is 7.23. The van der Waals surface area contributed by atoms with Crippen LogP contribution in [0.15, 0.2) is 41.6 Å². The molecular formula is C21H23ClN4O3S. The molecule has 0 aliphatic carbocycles. The highest BCUT2D eigenvalue weighted by molar-refractivity contribution is 7.99. The number of carbonyl (C=O) groups excluding carboxylic acids is 1. The van der Waals surface area contributed by atoms with E-state index in [-0.39, 0.29) is 11.7 Å². The Morgan fingerprint density at radius 1 is 1.13 bits per heavy atom. The summed E-state index contributed by atoms with van der Waals surface area (Å²) in [4.78, 5) is 12.4. The van der Waals surface area contributed by atoms with Crippen LogP contribution in [0.25, 0.3) is 11.4 Å². The van der Waals surface area contributed by atoms with Gasteiger partial charge in [0.2, 0.25) is 5.91 Å². The third-order valence-corrected chi connectivity index (χ3v) is 5.64. The van der Waals surface area contributed by atoms with Crippen LogP contribution in [0.1, 0.15) is 12.5 Å². The first kappa shape index (κ1) is 22.0. The van der Waals surface area contributed by atoms with Crippen molar-refractivity contribution in [3.8, 4) is 22.9 Å². The standard InChI is InChI=1S/C21H23ClN4O3S/c1-5-26-20(14-9-16(28-3)11-17(10-14)29-4)24-25-21(26)30-12-19(27)23-18-7-6-15(22)8-13(18)2/h6-11H,5,12H2,1-4H3,(H,23,27). The Labute approximate surface area is 184 Å². The van der Waals surface area contributed by atoms with Crippen LogP contribution in [0.4, 0.5) is 5.69 Å². The molecular weight excluding hydrogens is 424 g/mol. The summed E-state index contributed by atoms with van der Waals surface area (Å²) in [6.07, 6.45) is 0. The molecule has 3 aromatic rings. The van der Waals surface area contributed by atoms with E-state index in [0.29, 0.717) is 34.0 Å². The number of anilines is 1. The minimum atomic E-state index is -0.124. The first-order valence-electron chi connectivity index (χ1n) is 9.30. The lowest BCUT2D eigenvalue weighted by molar-refractivity contribution is -0.113. The molecule has 1 N–H and O–H groups in total. The molecule has 0 unspecified atom stereocenters. The Bertz CT molecular complexity index is 1030. The maximum atomic E-state index is 12.4. The summed E-state index contributed by atoms with van der Waals surface area (Å²) in [5, 5.41) is 12.8. The summed E-state index contributed by atoms with van der Waals surface area (Å²) < 4.78 is 12.7. The molecule has 0 radical (unpaired) electrons. The minimum absolute atomic E-state index is 0.124. The van der Waals surface area contributed by atoms with Crippen LogP contribution in [-0.2, 0) is 11.3 Å². The molecule has 1 heterocycles. The summed E-state index contributed by atoms with van der Waals surface area (Å²) in [5.74, 6) is 2.11. The minimum Gasteiger partial charge on any atom is -0.497 e. The second kappa shape index (κ2) is 9.86. The summed E-state index contributed by atoms with van der Waals surface area (Å²) in [5.41, 5.74) is 2.48. The predicted molar refractivity (Wildman–Crippen MR) is 120 cm³/mol. The molecule has 0 aliphatic heterocycles. The molecule has 0 aliphatic rings. The van der Waals surface area contributed by atoms with Crippen molar-refractivity contribution in [2.45, 2.75) is 25.5 Å². The third kappa shape index (κ3) is 5.06. The van der Waals surface area contributed by atoms with E-state index in [0.717, 1.165) is 16.8 Å². The number of hydrogen-bond acceptors (Lipinski definition) is 6. The van der Waals surface area contributed by atoms with Gasteiger partial charge in [-0.2, -0.15) is 0 Å². The van der Waals surface area contributed by atoms with Gasteiger partial charge < -0.3 is 19.4 Å². The van der Waals surface area contributed by atoms with Gasteiger partial charge in [0.05, 0.1) is 20.0 Å². The van der Waals surface area contributed by atoms with Gasteiger partial charge in [0.25, 0.3) is 0 Å². The Morgan fingerprint density at radius 2 is 1.83 bits per heavy atom. The average Bonchev–Trinajstić information content (AvgIpc) is 3.16. The summed E-state index contributed by atoms with van der Waals surface area (Å²) in [7, 11) is 3.21. The highest BCUT2D eigenvalue weighted by Gasteiger charge is 2.16. The van der Waals surface area contributed by atoms with Crippen LogP contribution in [0, 0.1) is 6.92 Å². The van der Waals surface area contributed by atoms with Crippen molar-refractivity contribution in [2.24, 2.45) is 0 Å². The number of nitrogens with zero attached hydrogens (tertiary/aromatic N) is 3. The SMILES string of the molecule is CCn1c(SCC(=O)Nc2ccc(Cl)cc2C)nnc1-c1cc(OC)cc(OC)c1. The molecule has 0 saturated heterocycles. The second-order valence-corrected chi connectivity index (χ2v) is 7.83. The maximum Gasteiger partial charge on any atom is 0.234 e. The average molecular weight is 447 g/mol. The van der Waals surface area contributed by atoms with Gasteiger partial charge in [-0.15, -0.1) is 10.2 Å². The molecule has 0 bridgehead atoms. The summed E-state index contributed by atoms with van der Waals surface area (Å²) >= 11 is 7.30. The molecule has 0 fully saturated rings. The van der Waals surface area contributed by atoms with Crippen molar-refractivity contribution in [1.29, 1.82) is 0 Å². The molecule has 2 aromatic carbocycles. The Balaban J connectivity index is 1.75. The lowest BCUT2D eigenvalue weighted by Crippen LogP contribution is -2.15. The number of aromatic nitrogens is 3. The van der Waals surface area contributed by atoms with Crippen molar-refractivity contribution < 1.29 is 14.3 Å². The van der Waals surface area contributed by atoms with Crippen LogP contribution >= 0.6 is 23.4 Å². The normalized spacial score (nSPS) is 10.7. The van der Waals surface area contributed by atoms with Crippen molar-refractivity contribution in [3.63, 3.8) is 0 Å². The molecule has 0 saturated carbocycles. The number of benzene rings is 2. The van der Waals surface area contributed by atoms with E-state index in [2.05, 4.69) is 15.5 Å². The number of ether oxygens (including phenoxy) is 2. The van der Waals surface area contributed by atoms with Crippen LogP contribution in [0.5, 0.6) is 11.5 Å².